The second kappa shape index (κ2) is 8.91. The number of aromatic nitrogens is 4. The number of amides is 2. The Hall–Kier alpha value is -3.82. The third-order valence-electron chi connectivity index (χ3n) is 4.29. The maximum Gasteiger partial charge on any atom is 0.319 e. The quantitative estimate of drug-likeness (QED) is 0.628. The molecule has 3 aromatic rings. The third kappa shape index (κ3) is 4.37. The van der Waals surface area contributed by atoms with Crippen molar-refractivity contribution in [1.82, 2.24) is 25.5 Å². The molecule has 152 valence electrons. The number of carbonyl (C=O) groups excluding carboxylic acids is 1. The first-order valence-electron chi connectivity index (χ1n) is 8.74. The second-order valence-corrected chi connectivity index (χ2v) is 6.06. The minimum absolute atomic E-state index is 0.237. The lowest BCUT2D eigenvalue weighted by atomic mass is 10.1. The molecule has 0 atom stereocenters. The topological polar surface area (TPSA) is 112 Å². The molecule has 10 nitrogen and oxygen atoms in total. The number of ether oxygens (including phenoxy) is 3. The first-order valence-corrected chi connectivity index (χ1v) is 8.74. The number of hydrogen-bond acceptors (Lipinski definition) is 7. The molecule has 0 aliphatic heterocycles. The highest BCUT2D eigenvalue weighted by molar-refractivity contribution is 5.89. The van der Waals surface area contributed by atoms with Gasteiger partial charge in [-0.05, 0) is 47.2 Å². The van der Waals surface area contributed by atoms with Crippen LogP contribution in [-0.4, -0.2) is 47.6 Å². The summed E-state index contributed by atoms with van der Waals surface area (Å²) in [6.45, 7) is 2.17. The van der Waals surface area contributed by atoms with E-state index in [9.17, 15) is 4.79 Å². The lowest BCUT2D eigenvalue weighted by Crippen LogP contribution is -2.28. The molecule has 0 radical (unpaired) electrons. The Labute approximate surface area is 167 Å². The van der Waals surface area contributed by atoms with Crippen LogP contribution in [0.2, 0.25) is 0 Å². The van der Waals surface area contributed by atoms with Crippen molar-refractivity contribution in [3.63, 3.8) is 0 Å². The Morgan fingerprint density at radius 3 is 2.52 bits per heavy atom. The maximum atomic E-state index is 12.4. The van der Waals surface area contributed by atoms with Crippen molar-refractivity contribution >= 4 is 11.7 Å². The van der Waals surface area contributed by atoms with E-state index in [0.29, 0.717) is 22.9 Å². The minimum Gasteiger partial charge on any atom is -0.493 e. The van der Waals surface area contributed by atoms with Crippen LogP contribution in [0.4, 0.5) is 10.5 Å². The average molecular weight is 398 g/mol. The van der Waals surface area contributed by atoms with Crippen LogP contribution >= 0.6 is 0 Å². The smallest absolute Gasteiger partial charge is 0.319 e. The van der Waals surface area contributed by atoms with E-state index in [-0.39, 0.29) is 12.6 Å². The molecule has 0 aliphatic rings. The zero-order valence-corrected chi connectivity index (χ0v) is 16.6. The fraction of sp³-hybridized carbons (Fsp3) is 0.263. The molecule has 0 bridgehead atoms. The van der Waals surface area contributed by atoms with Gasteiger partial charge in [0.1, 0.15) is 6.33 Å². The van der Waals surface area contributed by atoms with Crippen LogP contribution in [0.3, 0.4) is 0 Å². The summed E-state index contributed by atoms with van der Waals surface area (Å²) in [5.41, 5.74) is 3.10. The Balaban J connectivity index is 1.70. The van der Waals surface area contributed by atoms with Gasteiger partial charge in [0, 0.05) is 17.8 Å². The molecule has 2 N–H and O–H groups in total. The highest BCUT2D eigenvalue weighted by atomic mass is 16.5. The number of methoxy groups -OCH3 is 3. The number of rotatable bonds is 7. The monoisotopic (exact) mass is 398 g/mol. The summed E-state index contributed by atoms with van der Waals surface area (Å²) in [6, 6.07) is 8.68. The second-order valence-electron chi connectivity index (χ2n) is 6.06. The number of nitrogens with zero attached hydrogens (tertiary/aromatic N) is 4. The fourth-order valence-corrected chi connectivity index (χ4v) is 2.86. The average Bonchev–Trinajstić information content (AvgIpc) is 3.27. The highest BCUT2D eigenvalue weighted by Crippen LogP contribution is 2.39. The molecular formula is C19H22N6O4. The zero-order valence-electron chi connectivity index (χ0n) is 16.6. The van der Waals surface area contributed by atoms with E-state index in [4.69, 9.17) is 14.2 Å². The van der Waals surface area contributed by atoms with Gasteiger partial charge in [0.2, 0.25) is 5.75 Å². The summed E-state index contributed by atoms with van der Waals surface area (Å²) in [4.78, 5) is 12.4. The van der Waals surface area contributed by atoms with Gasteiger partial charge in [-0.25, -0.2) is 9.48 Å². The fourth-order valence-electron chi connectivity index (χ4n) is 2.86. The SMILES string of the molecule is COc1ccc(CNC(=O)Nc2ccc(C)c(-n3cnnn3)c2)c(OC)c1OC. The van der Waals surface area contributed by atoms with E-state index in [2.05, 4.69) is 26.2 Å². The van der Waals surface area contributed by atoms with Crippen molar-refractivity contribution in [3.05, 3.63) is 47.8 Å². The standard InChI is InChI=1S/C19H22N6O4/c1-12-5-7-14(9-15(12)25-11-21-23-24-25)22-19(26)20-10-13-6-8-16(27-2)18(29-4)17(13)28-3/h5-9,11H,10H2,1-4H3,(H2,20,22,26). The van der Waals surface area contributed by atoms with Gasteiger partial charge in [-0.1, -0.05) is 6.07 Å². The van der Waals surface area contributed by atoms with Crippen molar-refractivity contribution in [2.75, 3.05) is 26.6 Å². The number of aryl methyl sites for hydroxylation is 1. The van der Waals surface area contributed by atoms with Gasteiger partial charge < -0.3 is 24.8 Å². The van der Waals surface area contributed by atoms with Crippen LogP contribution in [0.1, 0.15) is 11.1 Å². The normalized spacial score (nSPS) is 10.3. The summed E-state index contributed by atoms with van der Waals surface area (Å²) >= 11 is 0. The Morgan fingerprint density at radius 1 is 1.07 bits per heavy atom. The number of anilines is 1. The summed E-state index contributed by atoms with van der Waals surface area (Å²) in [5, 5.41) is 16.8. The predicted octanol–water partition coefficient (Wildman–Crippen LogP) is 2.32. The van der Waals surface area contributed by atoms with Crippen LogP contribution in [0.5, 0.6) is 17.2 Å². The van der Waals surface area contributed by atoms with Crippen molar-refractivity contribution in [1.29, 1.82) is 0 Å². The minimum atomic E-state index is -0.367. The molecule has 29 heavy (non-hydrogen) atoms. The van der Waals surface area contributed by atoms with Crippen LogP contribution in [-0.2, 0) is 6.54 Å². The number of benzene rings is 2. The predicted molar refractivity (Wildman–Crippen MR) is 106 cm³/mol. The summed E-state index contributed by atoms with van der Waals surface area (Å²) in [6.07, 6.45) is 1.50. The molecule has 2 aromatic carbocycles. The molecule has 0 aliphatic carbocycles. The number of tetrazole rings is 1. The van der Waals surface area contributed by atoms with E-state index in [0.717, 1.165) is 16.8 Å². The van der Waals surface area contributed by atoms with Gasteiger partial charge >= 0.3 is 6.03 Å². The molecule has 1 heterocycles. The molecular weight excluding hydrogens is 376 g/mol. The van der Waals surface area contributed by atoms with Gasteiger partial charge in [0.15, 0.2) is 11.5 Å². The molecule has 3 rings (SSSR count). The van der Waals surface area contributed by atoms with Gasteiger partial charge in [0.25, 0.3) is 0 Å². The van der Waals surface area contributed by atoms with E-state index in [1.807, 2.05) is 19.1 Å². The molecule has 0 spiro atoms. The summed E-state index contributed by atoms with van der Waals surface area (Å²) in [5.74, 6) is 1.52. The number of urea groups is 1. The first-order chi connectivity index (χ1) is 14.1. The first kappa shape index (κ1) is 19.9. The molecule has 1 aromatic heterocycles. The van der Waals surface area contributed by atoms with E-state index in [1.54, 1.807) is 25.3 Å². The molecule has 0 unspecified atom stereocenters. The number of nitrogens with one attached hydrogen (secondary N) is 2. The molecule has 0 fully saturated rings. The Bertz CT molecular complexity index is 991. The zero-order chi connectivity index (χ0) is 20.8. The lowest BCUT2D eigenvalue weighted by molar-refractivity contribution is 0.251. The van der Waals surface area contributed by atoms with Crippen LogP contribution in [0.15, 0.2) is 36.7 Å². The van der Waals surface area contributed by atoms with Crippen molar-refractivity contribution in [2.24, 2.45) is 0 Å². The van der Waals surface area contributed by atoms with Gasteiger partial charge in [-0.2, -0.15) is 0 Å². The van der Waals surface area contributed by atoms with Crippen LogP contribution in [0, 0.1) is 6.92 Å². The third-order valence-corrected chi connectivity index (χ3v) is 4.29. The van der Waals surface area contributed by atoms with Crippen molar-refractivity contribution in [2.45, 2.75) is 13.5 Å². The van der Waals surface area contributed by atoms with Crippen molar-refractivity contribution < 1.29 is 19.0 Å². The van der Waals surface area contributed by atoms with Gasteiger partial charge in [-0.15, -0.1) is 5.10 Å². The molecule has 2 amide bonds. The van der Waals surface area contributed by atoms with E-state index >= 15 is 0 Å². The largest absolute Gasteiger partial charge is 0.493 e. The molecule has 10 heteroatoms. The molecule has 0 saturated heterocycles. The highest BCUT2D eigenvalue weighted by Gasteiger charge is 2.16. The summed E-state index contributed by atoms with van der Waals surface area (Å²) in [7, 11) is 4.62. The van der Waals surface area contributed by atoms with Gasteiger partial charge in [-0.3, -0.25) is 0 Å². The Morgan fingerprint density at radius 2 is 1.86 bits per heavy atom. The maximum absolute atomic E-state index is 12.4. The van der Waals surface area contributed by atoms with Crippen LogP contribution in [0.25, 0.3) is 5.69 Å². The van der Waals surface area contributed by atoms with Gasteiger partial charge in [0.05, 0.1) is 27.0 Å². The Kier molecular flexibility index (Phi) is 6.12. The number of carbonyl (C=O) groups is 1. The van der Waals surface area contributed by atoms with Crippen LogP contribution < -0.4 is 24.8 Å². The summed E-state index contributed by atoms with van der Waals surface area (Å²) < 4.78 is 17.6. The number of hydrogen-bond donors (Lipinski definition) is 2. The molecule has 0 saturated carbocycles. The van der Waals surface area contributed by atoms with E-state index < -0.39 is 0 Å². The van der Waals surface area contributed by atoms with Crippen molar-refractivity contribution in [3.8, 4) is 22.9 Å². The lowest BCUT2D eigenvalue weighted by Gasteiger charge is -2.16. The van der Waals surface area contributed by atoms with E-state index in [1.165, 1.54) is 25.2 Å².